The molecular weight excluding hydrogens is 289 g/mol. The van der Waals surface area contributed by atoms with Gasteiger partial charge in [0, 0.05) is 6.07 Å². The molecule has 0 bridgehead atoms. The van der Waals surface area contributed by atoms with Crippen LogP contribution < -0.4 is 5.32 Å². The number of carbonyl (C=O) groups is 1. The molecule has 0 aromatic heterocycles. The van der Waals surface area contributed by atoms with Gasteiger partial charge in [-0.05, 0) is 15.9 Å². The molecule has 3 nitrogen and oxygen atoms in total. The highest BCUT2D eigenvalue weighted by atomic mass is 79.9. The molecule has 0 aliphatic rings. The van der Waals surface area contributed by atoms with Crippen molar-refractivity contribution in [2.24, 2.45) is 0 Å². The molecule has 1 N–H and O–H groups in total. The van der Waals surface area contributed by atoms with Gasteiger partial charge in [0.15, 0.2) is 17.5 Å². The first-order valence-corrected chi connectivity index (χ1v) is 4.76. The van der Waals surface area contributed by atoms with Crippen LogP contribution in [-0.4, -0.2) is 5.91 Å². The molecular formula is C9H4BrF3N2O. The van der Waals surface area contributed by atoms with Crippen LogP contribution in [0.3, 0.4) is 0 Å². The molecule has 1 rings (SSSR count). The minimum Gasteiger partial charge on any atom is -0.323 e. The minimum absolute atomic E-state index is 0.504. The molecule has 7 heteroatoms. The van der Waals surface area contributed by atoms with Crippen molar-refractivity contribution in [2.75, 3.05) is 5.32 Å². The summed E-state index contributed by atoms with van der Waals surface area (Å²) in [5, 5.41) is 10.1. The number of nitriles is 1. The summed E-state index contributed by atoms with van der Waals surface area (Å²) in [7, 11) is 0. The first kappa shape index (κ1) is 12.5. The van der Waals surface area contributed by atoms with Crippen LogP contribution in [0.2, 0.25) is 0 Å². The molecule has 0 aliphatic carbocycles. The Morgan fingerprint density at radius 2 is 2.06 bits per heavy atom. The lowest BCUT2D eigenvalue weighted by atomic mass is 10.2. The van der Waals surface area contributed by atoms with Crippen molar-refractivity contribution in [3.05, 3.63) is 28.0 Å². The molecule has 1 aromatic carbocycles. The van der Waals surface area contributed by atoms with E-state index in [4.69, 9.17) is 5.26 Å². The van der Waals surface area contributed by atoms with Gasteiger partial charge >= 0.3 is 0 Å². The Hall–Kier alpha value is -1.55. The van der Waals surface area contributed by atoms with Crippen molar-refractivity contribution in [3.63, 3.8) is 0 Å². The van der Waals surface area contributed by atoms with Gasteiger partial charge in [0.2, 0.25) is 5.91 Å². The van der Waals surface area contributed by atoms with Gasteiger partial charge in [0.05, 0.1) is 16.2 Å². The Morgan fingerprint density at radius 1 is 1.44 bits per heavy atom. The second-order valence-corrected chi connectivity index (χ2v) is 3.52. The fourth-order valence-corrected chi connectivity index (χ4v) is 1.33. The zero-order valence-corrected chi connectivity index (χ0v) is 9.24. The number of hydrogen-bond donors (Lipinski definition) is 1. The van der Waals surface area contributed by atoms with Gasteiger partial charge in [0.1, 0.15) is 6.42 Å². The Morgan fingerprint density at radius 3 is 2.62 bits per heavy atom. The van der Waals surface area contributed by atoms with Crippen LogP contribution in [0.1, 0.15) is 6.42 Å². The lowest BCUT2D eigenvalue weighted by Gasteiger charge is -2.07. The van der Waals surface area contributed by atoms with E-state index in [9.17, 15) is 18.0 Å². The SMILES string of the molecule is N#CCC(=O)Nc1cc(F)c(F)c(Br)c1F. The van der Waals surface area contributed by atoms with Gasteiger partial charge in [-0.2, -0.15) is 5.26 Å². The van der Waals surface area contributed by atoms with Crippen LogP contribution in [0, 0.1) is 28.8 Å². The van der Waals surface area contributed by atoms with Crippen molar-refractivity contribution >= 4 is 27.5 Å². The topological polar surface area (TPSA) is 52.9 Å². The molecule has 0 unspecified atom stereocenters. The first-order chi connectivity index (χ1) is 7.47. The summed E-state index contributed by atoms with van der Waals surface area (Å²) in [4.78, 5) is 10.9. The van der Waals surface area contributed by atoms with Crippen LogP contribution in [0.4, 0.5) is 18.9 Å². The zero-order chi connectivity index (χ0) is 12.3. The number of rotatable bonds is 2. The zero-order valence-electron chi connectivity index (χ0n) is 7.65. The first-order valence-electron chi connectivity index (χ1n) is 3.97. The Bertz CT molecular complexity index is 485. The van der Waals surface area contributed by atoms with Crippen molar-refractivity contribution in [1.29, 1.82) is 5.26 Å². The van der Waals surface area contributed by atoms with E-state index < -0.39 is 39.9 Å². The highest BCUT2D eigenvalue weighted by Gasteiger charge is 2.17. The standard InChI is InChI=1S/C9H4BrF3N2O/c10-7-8(12)4(11)3-5(9(7)13)15-6(16)1-2-14/h3H,1H2,(H,15,16). The van der Waals surface area contributed by atoms with Gasteiger partial charge in [-0.15, -0.1) is 0 Å². The quantitative estimate of drug-likeness (QED) is 0.673. The predicted octanol–water partition coefficient (Wildman–Crippen LogP) is 2.72. The normalized spacial score (nSPS) is 9.69. The van der Waals surface area contributed by atoms with E-state index in [0.29, 0.717) is 6.07 Å². The van der Waals surface area contributed by atoms with Crippen molar-refractivity contribution < 1.29 is 18.0 Å². The number of nitrogens with zero attached hydrogens (tertiary/aromatic N) is 1. The van der Waals surface area contributed by atoms with Crippen molar-refractivity contribution in [1.82, 2.24) is 0 Å². The molecule has 0 saturated heterocycles. The maximum absolute atomic E-state index is 13.3. The lowest BCUT2D eigenvalue weighted by Crippen LogP contribution is -2.12. The van der Waals surface area contributed by atoms with E-state index in [0.717, 1.165) is 0 Å². The Kier molecular flexibility index (Phi) is 3.90. The molecule has 0 aliphatic heterocycles. The molecule has 1 aromatic rings. The monoisotopic (exact) mass is 292 g/mol. The van der Waals surface area contributed by atoms with Crippen LogP contribution in [0.25, 0.3) is 0 Å². The van der Waals surface area contributed by atoms with Crippen LogP contribution >= 0.6 is 15.9 Å². The molecule has 84 valence electrons. The number of halogens is 4. The van der Waals surface area contributed by atoms with Gasteiger partial charge in [-0.25, -0.2) is 13.2 Å². The molecule has 0 fully saturated rings. The van der Waals surface area contributed by atoms with Crippen LogP contribution in [-0.2, 0) is 4.79 Å². The number of carbonyl (C=O) groups excluding carboxylic acids is 1. The Balaban J connectivity index is 3.07. The smallest absolute Gasteiger partial charge is 0.238 e. The summed E-state index contributed by atoms with van der Waals surface area (Å²) in [6.07, 6.45) is -0.504. The van der Waals surface area contributed by atoms with E-state index in [1.54, 1.807) is 0 Å². The second-order valence-electron chi connectivity index (χ2n) is 2.73. The third-order valence-corrected chi connectivity index (χ3v) is 2.31. The molecule has 1 amide bonds. The van der Waals surface area contributed by atoms with Gasteiger partial charge in [0.25, 0.3) is 0 Å². The summed E-state index contributed by atoms with van der Waals surface area (Å²) in [6, 6.07) is 2.04. The van der Waals surface area contributed by atoms with E-state index in [2.05, 4.69) is 15.9 Å². The van der Waals surface area contributed by atoms with Crippen LogP contribution in [0.5, 0.6) is 0 Å². The maximum atomic E-state index is 13.3. The number of amides is 1. The van der Waals surface area contributed by atoms with E-state index in [-0.39, 0.29) is 0 Å². The molecule has 0 spiro atoms. The summed E-state index contributed by atoms with van der Waals surface area (Å²) >= 11 is 2.50. The van der Waals surface area contributed by atoms with E-state index in [1.165, 1.54) is 6.07 Å². The Labute approximate surface area is 97.0 Å². The fraction of sp³-hybridized carbons (Fsp3) is 0.111. The summed E-state index contributed by atoms with van der Waals surface area (Å²) in [5.41, 5.74) is -0.522. The van der Waals surface area contributed by atoms with Crippen molar-refractivity contribution in [2.45, 2.75) is 6.42 Å². The largest absolute Gasteiger partial charge is 0.323 e. The molecule has 0 atom stereocenters. The summed E-state index contributed by atoms with van der Waals surface area (Å²) in [5.74, 6) is -4.62. The minimum atomic E-state index is -1.38. The van der Waals surface area contributed by atoms with Crippen LogP contribution in [0.15, 0.2) is 10.5 Å². The molecule has 0 heterocycles. The third kappa shape index (κ3) is 2.52. The average Bonchev–Trinajstić information content (AvgIpc) is 2.23. The van der Waals surface area contributed by atoms with Gasteiger partial charge in [-0.3, -0.25) is 4.79 Å². The van der Waals surface area contributed by atoms with E-state index >= 15 is 0 Å². The summed E-state index contributed by atoms with van der Waals surface area (Å²) < 4.78 is 38.3. The van der Waals surface area contributed by atoms with Gasteiger partial charge < -0.3 is 5.32 Å². The second kappa shape index (κ2) is 4.99. The van der Waals surface area contributed by atoms with E-state index in [1.807, 2.05) is 5.32 Å². The summed E-state index contributed by atoms with van der Waals surface area (Å²) in [6.45, 7) is 0. The maximum Gasteiger partial charge on any atom is 0.238 e. The average molecular weight is 293 g/mol. The lowest BCUT2D eigenvalue weighted by molar-refractivity contribution is -0.115. The number of benzene rings is 1. The number of nitrogens with one attached hydrogen (secondary N) is 1. The highest BCUT2D eigenvalue weighted by Crippen LogP contribution is 2.28. The fourth-order valence-electron chi connectivity index (χ4n) is 0.930. The predicted molar refractivity (Wildman–Crippen MR) is 52.9 cm³/mol. The third-order valence-electron chi connectivity index (χ3n) is 1.62. The highest BCUT2D eigenvalue weighted by molar-refractivity contribution is 9.10. The van der Waals surface area contributed by atoms with Gasteiger partial charge in [-0.1, -0.05) is 0 Å². The van der Waals surface area contributed by atoms with Crippen molar-refractivity contribution in [3.8, 4) is 6.07 Å². The number of hydrogen-bond acceptors (Lipinski definition) is 2. The number of anilines is 1. The molecule has 0 radical (unpaired) electrons. The molecule has 16 heavy (non-hydrogen) atoms. The molecule has 0 saturated carbocycles.